The first-order valence-electron chi connectivity index (χ1n) is 5.63. The van der Waals surface area contributed by atoms with Crippen LogP contribution in [0.15, 0.2) is 27.5 Å². The zero-order chi connectivity index (χ0) is 15.4. The number of halogens is 2. The predicted molar refractivity (Wildman–Crippen MR) is 78.8 cm³/mol. The van der Waals surface area contributed by atoms with Gasteiger partial charge in [-0.1, -0.05) is 27.5 Å². The zero-order valence-electron chi connectivity index (χ0n) is 10.4. The van der Waals surface area contributed by atoms with Crippen molar-refractivity contribution in [2.45, 2.75) is 6.54 Å². The van der Waals surface area contributed by atoms with Crippen LogP contribution in [0.2, 0.25) is 5.02 Å². The number of aromatic amines is 2. The van der Waals surface area contributed by atoms with Crippen molar-refractivity contribution in [1.82, 2.24) is 20.5 Å². The van der Waals surface area contributed by atoms with E-state index < -0.39 is 17.5 Å². The van der Waals surface area contributed by atoms with Gasteiger partial charge >= 0.3 is 17.5 Å². The molecular formula is C11H9BrClN5O3. The molecule has 8 nitrogen and oxygen atoms in total. The van der Waals surface area contributed by atoms with E-state index in [0.29, 0.717) is 10.7 Å². The van der Waals surface area contributed by atoms with Gasteiger partial charge in [0.2, 0.25) is 0 Å². The minimum atomic E-state index is -0.878. The lowest BCUT2D eigenvalue weighted by Crippen LogP contribution is -2.35. The van der Waals surface area contributed by atoms with Crippen molar-refractivity contribution in [2.24, 2.45) is 0 Å². The minimum absolute atomic E-state index is 0.0843. The van der Waals surface area contributed by atoms with Crippen LogP contribution in [0.4, 0.5) is 5.69 Å². The molecule has 2 aromatic rings. The van der Waals surface area contributed by atoms with Crippen LogP contribution in [0, 0.1) is 0 Å². The van der Waals surface area contributed by atoms with Gasteiger partial charge in [-0.2, -0.15) is 5.10 Å². The number of rotatable bonds is 3. The van der Waals surface area contributed by atoms with Crippen LogP contribution in [-0.4, -0.2) is 27.0 Å². The number of H-pyrrole nitrogens is 2. The molecule has 0 atom stereocenters. The maximum Gasteiger partial charge on any atom is 0.340 e. The van der Waals surface area contributed by atoms with Crippen molar-refractivity contribution in [3.8, 4) is 0 Å². The number of hydrogen-bond acceptors (Lipinski definition) is 4. The molecule has 21 heavy (non-hydrogen) atoms. The Hall–Kier alpha value is -2.13. The fraction of sp³-hybridized carbons (Fsp3) is 0.0909. The number of hydrogen-bond donors (Lipinski definition) is 4. The van der Waals surface area contributed by atoms with E-state index in [9.17, 15) is 14.4 Å². The number of carbonyl (C=O) groups is 2. The maximum atomic E-state index is 11.7. The van der Waals surface area contributed by atoms with E-state index in [1.165, 1.54) is 0 Å². The minimum Gasteiger partial charge on any atom is -0.341 e. The van der Waals surface area contributed by atoms with Crippen LogP contribution in [-0.2, 0) is 16.1 Å². The molecule has 0 radical (unpaired) electrons. The standard InChI is InChI=1S/C11H9BrClN5O3/c12-5-1-2-7(6(13)3-5)15-10(20)9(19)14-4-8-16-11(21)18-17-8/h1-3H,4H2,(H,14,19)(H,15,20)(H2,16,17,18,21). The van der Waals surface area contributed by atoms with E-state index in [-0.39, 0.29) is 12.4 Å². The molecule has 0 aliphatic heterocycles. The molecule has 2 amide bonds. The summed E-state index contributed by atoms with van der Waals surface area (Å²) < 4.78 is 0.748. The van der Waals surface area contributed by atoms with Crippen LogP contribution in [0.25, 0.3) is 0 Å². The third-order valence-corrected chi connectivity index (χ3v) is 3.16. The molecular weight excluding hydrogens is 366 g/mol. The predicted octanol–water partition coefficient (Wildman–Crippen LogP) is 0.769. The summed E-state index contributed by atoms with van der Waals surface area (Å²) in [5.41, 5.74) is -0.182. The normalized spacial score (nSPS) is 10.2. The lowest BCUT2D eigenvalue weighted by molar-refractivity contribution is -0.136. The Labute approximate surface area is 131 Å². The number of nitrogens with one attached hydrogen (secondary N) is 4. The van der Waals surface area contributed by atoms with Gasteiger partial charge in [-0.3, -0.25) is 14.6 Å². The molecule has 0 saturated carbocycles. The molecule has 0 aliphatic rings. The first-order chi connectivity index (χ1) is 9.95. The molecule has 2 rings (SSSR count). The van der Waals surface area contributed by atoms with Crippen molar-refractivity contribution in [1.29, 1.82) is 0 Å². The van der Waals surface area contributed by atoms with E-state index in [2.05, 4.69) is 41.7 Å². The topological polar surface area (TPSA) is 120 Å². The summed E-state index contributed by atoms with van der Waals surface area (Å²) in [4.78, 5) is 36.4. The summed E-state index contributed by atoms with van der Waals surface area (Å²) in [6.07, 6.45) is 0. The van der Waals surface area contributed by atoms with E-state index in [1.54, 1.807) is 18.2 Å². The number of benzene rings is 1. The highest BCUT2D eigenvalue weighted by atomic mass is 79.9. The van der Waals surface area contributed by atoms with Crippen LogP contribution in [0.3, 0.4) is 0 Å². The SMILES string of the molecule is O=C(NCc1n[nH]c(=O)[nH]1)C(=O)Nc1ccc(Br)cc1Cl. The second-order valence-corrected chi connectivity index (χ2v) is 5.21. The van der Waals surface area contributed by atoms with Gasteiger partial charge in [0.15, 0.2) is 0 Å². The lowest BCUT2D eigenvalue weighted by atomic mass is 10.3. The summed E-state index contributed by atoms with van der Waals surface area (Å²) in [7, 11) is 0. The molecule has 0 spiro atoms. The van der Waals surface area contributed by atoms with E-state index in [0.717, 1.165) is 4.47 Å². The van der Waals surface area contributed by atoms with Gasteiger partial charge in [-0.15, -0.1) is 0 Å². The first kappa shape index (κ1) is 15.3. The second-order valence-electron chi connectivity index (χ2n) is 3.89. The molecule has 1 heterocycles. The Bertz CT molecular complexity index is 741. The summed E-state index contributed by atoms with van der Waals surface area (Å²) in [5, 5.41) is 10.7. The molecule has 110 valence electrons. The van der Waals surface area contributed by atoms with Gasteiger partial charge in [0, 0.05) is 4.47 Å². The number of aromatic nitrogens is 3. The quantitative estimate of drug-likeness (QED) is 0.593. The Morgan fingerprint density at radius 1 is 1.33 bits per heavy atom. The Kier molecular flexibility index (Phi) is 4.76. The van der Waals surface area contributed by atoms with Crippen LogP contribution < -0.4 is 16.3 Å². The lowest BCUT2D eigenvalue weighted by Gasteiger charge is -2.07. The van der Waals surface area contributed by atoms with Crippen molar-refractivity contribution in [3.05, 3.63) is 44.0 Å². The Morgan fingerprint density at radius 2 is 2.10 bits per heavy atom. The van der Waals surface area contributed by atoms with E-state index >= 15 is 0 Å². The number of amides is 2. The fourth-order valence-corrected chi connectivity index (χ4v) is 2.12. The largest absolute Gasteiger partial charge is 0.341 e. The monoisotopic (exact) mass is 373 g/mol. The number of carbonyl (C=O) groups excluding carboxylic acids is 2. The Morgan fingerprint density at radius 3 is 2.71 bits per heavy atom. The van der Waals surface area contributed by atoms with Crippen molar-refractivity contribution in [2.75, 3.05) is 5.32 Å². The number of nitrogens with zero attached hydrogens (tertiary/aromatic N) is 1. The highest BCUT2D eigenvalue weighted by Crippen LogP contribution is 2.25. The number of anilines is 1. The molecule has 10 heteroatoms. The molecule has 0 bridgehead atoms. The summed E-state index contributed by atoms with van der Waals surface area (Å²) in [6, 6.07) is 4.82. The zero-order valence-corrected chi connectivity index (χ0v) is 12.7. The molecule has 1 aromatic heterocycles. The fourth-order valence-electron chi connectivity index (χ4n) is 1.40. The summed E-state index contributed by atoms with van der Waals surface area (Å²) in [6.45, 7) is -0.0843. The second kappa shape index (κ2) is 6.55. The van der Waals surface area contributed by atoms with Crippen molar-refractivity contribution < 1.29 is 9.59 Å². The molecule has 4 N–H and O–H groups in total. The Balaban J connectivity index is 1.93. The van der Waals surface area contributed by atoms with Gasteiger partial charge in [0.05, 0.1) is 17.3 Å². The summed E-state index contributed by atoms with van der Waals surface area (Å²) in [5.74, 6) is -1.54. The molecule has 0 fully saturated rings. The molecule has 0 saturated heterocycles. The van der Waals surface area contributed by atoms with Crippen LogP contribution in [0.1, 0.15) is 5.82 Å². The van der Waals surface area contributed by atoms with Gasteiger partial charge in [-0.25, -0.2) is 9.89 Å². The van der Waals surface area contributed by atoms with E-state index in [1.807, 2.05) is 0 Å². The van der Waals surface area contributed by atoms with Crippen LogP contribution >= 0.6 is 27.5 Å². The maximum absolute atomic E-state index is 11.7. The third kappa shape index (κ3) is 4.17. The summed E-state index contributed by atoms with van der Waals surface area (Å²) >= 11 is 9.15. The van der Waals surface area contributed by atoms with E-state index in [4.69, 9.17) is 11.6 Å². The average Bonchev–Trinajstić information content (AvgIpc) is 2.85. The van der Waals surface area contributed by atoms with Gasteiger partial charge in [0.25, 0.3) is 0 Å². The third-order valence-electron chi connectivity index (χ3n) is 2.35. The van der Waals surface area contributed by atoms with Crippen molar-refractivity contribution >= 4 is 45.0 Å². The first-order valence-corrected chi connectivity index (χ1v) is 6.80. The van der Waals surface area contributed by atoms with Gasteiger partial charge in [0.1, 0.15) is 5.82 Å². The molecule has 0 unspecified atom stereocenters. The molecule has 1 aromatic carbocycles. The van der Waals surface area contributed by atoms with Crippen LogP contribution in [0.5, 0.6) is 0 Å². The van der Waals surface area contributed by atoms with Crippen molar-refractivity contribution in [3.63, 3.8) is 0 Å². The van der Waals surface area contributed by atoms with Gasteiger partial charge in [-0.05, 0) is 18.2 Å². The van der Waals surface area contributed by atoms with Gasteiger partial charge < -0.3 is 10.6 Å². The highest BCUT2D eigenvalue weighted by molar-refractivity contribution is 9.10. The average molecular weight is 375 g/mol. The smallest absolute Gasteiger partial charge is 0.340 e. The molecule has 0 aliphatic carbocycles. The highest BCUT2D eigenvalue weighted by Gasteiger charge is 2.15.